The maximum Gasteiger partial charge on any atom is 0.361 e. The van der Waals surface area contributed by atoms with E-state index in [4.69, 9.17) is 18.9 Å². The van der Waals surface area contributed by atoms with E-state index >= 15 is 0 Å². The van der Waals surface area contributed by atoms with Gasteiger partial charge in [0.15, 0.2) is 23.8 Å². The number of amides is 1. The molecule has 0 saturated carbocycles. The van der Waals surface area contributed by atoms with Crippen molar-refractivity contribution in [2.45, 2.75) is 20.8 Å². The molecule has 3 aromatic rings. The molecular formula is C24H26N4O7. The highest BCUT2D eigenvalue weighted by Crippen LogP contribution is 2.33. The third kappa shape index (κ3) is 6.56. The first-order chi connectivity index (χ1) is 17.0. The summed E-state index contributed by atoms with van der Waals surface area (Å²) in [6, 6.07) is 11.3. The Bertz CT molecular complexity index is 1170. The van der Waals surface area contributed by atoms with E-state index in [1.54, 1.807) is 56.3 Å². The largest absolute Gasteiger partial charge is 0.490 e. The van der Waals surface area contributed by atoms with Crippen LogP contribution in [-0.4, -0.2) is 59.7 Å². The van der Waals surface area contributed by atoms with Gasteiger partial charge < -0.3 is 24.3 Å². The molecule has 2 aromatic carbocycles. The van der Waals surface area contributed by atoms with Gasteiger partial charge in [-0.1, -0.05) is 0 Å². The van der Waals surface area contributed by atoms with Gasteiger partial charge in [-0.2, -0.15) is 10.3 Å². The molecule has 1 heterocycles. The molecule has 1 amide bonds. The number of benzene rings is 2. The second kappa shape index (κ2) is 12.2. The van der Waals surface area contributed by atoms with E-state index in [9.17, 15) is 14.4 Å². The monoisotopic (exact) mass is 482 g/mol. The van der Waals surface area contributed by atoms with E-state index in [1.807, 2.05) is 6.92 Å². The maximum atomic E-state index is 12.4. The zero-order valence-electron chi connectivity index (χ0n) is 19.6. The molecule has 11 heteroatoms. The summed E-state index contributed by atoms with van der Waals surface area (Å²) in [6.45, 7) is 5.80. The van der Waals surface area contributed by atoms with Gasteiger partial charge in [0.1, 0.15) is 5.69 Å². The zero-order chi connectivity index (χ0) is 25.2. The number of esters is 2. The molecule has 0 atom stereocenters. The van der Waals surface area contributed by atoms with Crippen LogP contribution in [0.5, 0.6) is 11.5 Å². The van der Waals surface area contributed by atoms with E-state index in [1.165, 1.54) is 0 Å². The van der Waals surface area contributed by atoms with E-state index < -0.39 is 17.8 Å². The van der Waals surface area contributed by atoms with Crippen molar-refractivity contribution in [3.05, 3.63) is 53.7 Å². The molecule has 35 heavy (non-hydrogen) atoms. The molecule has 0 spiro atoms. The summed E-state index contributed by atoms with van der Waals surface area (Å²) in [5, 5.41) is 13.0. The van der Waals surface area contributed by atoms with Crippen LogP contribution in [-0.2, 0) is 14.3 Å². The number of aromatic nitrogens is 3. The van der Waals surface area contributed by atoms with Crippen LogP contribution in [0.15, 0.2) is 42.5 Å². The molecule has 11 nitrogen and oxygen atoms in total. The number of nitrogens with one attached hydrogen (secondary N) is 2. The molecular weight excluding hydrogens is 456 g/mol. The van der Waals surface area contributed by atoms with E-state index in [2.05, 4.69) is 20.7 Å². The highest BCUT2D eigenvalue weighted by atomic mass is 16.5. The standard InChI is InChI=1S/C24H26N4O7/c1-4-32-19-13-16(21-22(27-28-26-21)24(31)34-6-3)9-12-18(19)35-14-20(29)25-17-10-7-15(8-11-17)23(30)33-5-2/h7-13H,4-6,14H2,1-3H3,(H,25,29)(H,26,27,28). The lowest BCUT2D eigenvalue weighted by Gasteiger charge is -2.13. The fourth-order valence-corrected chi connectivity index (χ4v) is 3.06. The minimum atomic E-state index is -0.596. The van der Waals surface area contributed by atoms with Crippen LogP contribution in [0.1, 0.15) is 41.6 Å². The van der Waals surface area contributed by atoms with Crippen molar-refractivity contribution >= 4 is 23.5 Å². The lowest BCUT2D eigenvalue weighted by molar-refractivity contribution is -0.118. The van der Waals surface area contributed by atoms with Crippen LogP contribution in [0.25, 0.3) is 11.3 Å². The predicted octanol–water partition coefficient (Wildman–Crippen LogP) is 3.24. The molecule has 0 fully saturated rings. The Hall–Kier alpha value is -4.41. The summed E-state index contributed by atoms with van der Waals surface area (Å²) in [4.78, 5) is 36.2. The Morgan fingerprint density at radius 2 is 1.54 bits per heavy atom. The molecule has 0 aliphatic carbocycles. The number of rotatable bonds is 11. The van der Waals surface area contributed by atoms with E-state index in [0.29, 0.717) is 40.6 Å². The summed E-state index contributed by atoms with van der Waals surface area (Å²) in [5.41, 5.74) is 1.81. The topological polar surface area (TPSA) is 142 Å². The number of hydrogen-bond acceptors (Lipinski definition) is 9. The highest BCUT2D eigenvalue weighted by Gasteiger charge is 2.20. The number of carbonyl (C=O) groups is 3. The van der Waals surface area contributed by atoms with Crippen LogP contribution in [0.3, 0.4) is 0 Å². The average molecular weight is 482 g/mol. The van der Waals surface area contributed by atoms with Crippen LogP contribution in [0, 0.1) is 0 Å². The fraction of sp³-hybridized carbons (Fsp3) is 0.292. The van der Waals surface area contributed by atoms with Crippen molar-refractivity contribution in [3.8, 4) is 22.8 Å². The van der Waals surface area contributed by atoms with Crippen LogP contribution in [0.2, 0.25) is 0 Å². The number of H-pyrrole nitrogens is 1. The SMILES string of the molecule is CCOC(=O)c1ccc(NC(=O)COc2ccc(-c3n[nH]nc3C(=O)OCC)cc2OCC)cc1. The smallest absolute Gasteiger partial charge is 0.361 e. The highest BCUT2D eigenvalue weighted by molar-refractivity contribution is 5.95. The lowest BCUT2D eigenvalue weighted by atomic mass is 10.1. The molecule has 2 N–H and O–H groups in total. The first-order valence-electron chi connectivity index (χ1n) is 11.0. The zero-order valence-corrected chi connectivity index (χ0v) is 19.6. The summed E-state index contributed by atoms with van der Waals surface area (Å²) in [7, 11) is 0. The molecule has 0 aliphatic heterocycles. The van der Waals surface area contributed by atoms with Crippen LogP contribution in [0.4, 0.5) is 5.69 Å². The Balaban J connectivity index is 1.67. The summed E-state index contributed by atoms with van der Waals surface area (Å²) in [5.74, 6) is -0.720. The van der Waals surface area contributed by atoms with Gasteiger partial charge in [0.25, 0.3) is 5.91 Å². The molecule has 0 radical (unpaired) electrons. The van der Waals surface area contributed by atoms with E-state index in [0.717, 1.165) is 0 Å². The Labute approximate surface area is 201 Å². The molecule has 0 saturated heterocycles. The predicted molar refractivity (Wildman–Crippen MR) is 125 cm³/mol. The van der Waals surface area contributed by atoms with Gasteiger partial charge in [0.05, 0.1) is 25.4 Å². The van der Waals surface area contributed by atoms with Gasteiger partial charge in [-0.05, 0) is 63.2 Å². The van der Waals surface area contributed by atoms with Crippen LogP contribution >= 0.6 is 0 Å². The van der Waals surface area contributed by atoms with Crippen molar-refractivity contribution < 1.29 is 33.3 Å². The summed E-state index contributed by atoms with van der Waals surface area (Å²) in [6.07, 6.45) is 0. The Morgan fingerprint density at radius 3 is 2.23 bits per heavy atom. The second-order valence-corrected chi connectivity index (χ2v) is 6.97. The molecule has 3 rings (SSSR count). The number of aromatic amines is 1. The molecule has 184 valence electrons. The fourth-order valence-electron chi connectivity index (χ4n) is 3.06. The molecule has 0 bridgehead atoms. The molecule has 0 unspecified atom stereocenters. The van der Waals surface area contributed by atoms with Gasteiger partial charge in [-0.3, -0.25) is 4.79 Å². The molecule has 0 aliphatic rings. The van der Waals surface area contributed by atoms with Gasteiger partial charge in [0.2, 0.25) is 0 Å². The van der Waals surface area contributed by atoms with Gasteiger partial charge >= 0.3 is 11.9 Å². The van der Waals surface area contributed by atoms with Gasteiger partial charge in [-0.15, -0.1) is 5.10 Å². The molecule has 1 aromatic heterocycles. The minimum Gasteiger partial charge on any atom is -0.490 e. The number of ether oxygens (including phenoxy) is 4. The maximum absolute atomic E-state index is 12.4. The Morgan fingerprint density at radius 1 is 0.829 bits per heavy atom. The third-order valence-corrected chi connectivity index (χ3v) is 4.57. The van der Waals surface area contributed by atoms with Crippen molar-refractivity contribution in [1.29, 1.82) is 0 Å². The second-order valence-electron chi connectivity index (χ2n) is 6.97. The number of carbonyl (C=O) groups excluding carboxylic acids is 3. The first kappa shape index (κ1) is 25.2. The van der Waals surface area contributed by atoms with Gasteiger partial charge in [-0.25, -0.2) is 9.59 Å². The first-order valence-corrected chi connectivity index (χ1v) is 11.0. The summed E-state index contributed by atoms with van der Waals surface area (Å²) >= 11 is 0. The van der Waals surface area contributed by atoms with Crippen molar-refractivity contribution in [1.82, 2.24) is 15.4 Å². The van der Waals surface area contributed by atoms with Crippen molar-refractivity contribution in [2.24, 2.45) is 0 Å². The van der Waals surface area contributed by atoms with E-state index in [-0.39, 0.29) is 25.5 Å². The Kier molecular flexibility index (Phi) is 8.76. The quantitative estimate of drug-likeness (QED) is 0.394. The average Bonchev–Trinajstić information content (AvgIpc) is 3.34. The summed E-state index contributed by atoms with van der Waals surface area (Å²) < 4.78 is 21.3. The van der Waals surface area contributed by atoms with Crippen LogP contribution < -0.4 is 14.8 Å². The minimum absolute atomic E-state index is 0.0521. The number of nitrogens with zero attached hydrogens (tertiary/aromatic N) is 2. The van der Waals surface area contributed by atoms with Gasteiger partial charge in [0, 0.05) is 11.3 Å². The van der Waals surface area contributed by atoms with Crippen molar-refractivity contribution in [3.63, 3.8) is 0 Å². The number of hydrogen-bond donors (Lipinski definition) is 2. The number of anilines is 1. The normalized spacial score (nSPS) is 10.4. The third-order valence-electron chi connectivity index (χ3n) is 4.57. The lowest BCUT2D eigenvalue weighted by Crippen LogP contribution is -2.20. The van der Waals surface area contributed by atoms with Crippen molar-refractivity contribution in [2.75, 3.05) is 31.7 Å².